The van der Waals surface area contributed by atoms with Crippen LogP contribution >= 0.6 is 11.6 Å². The summed E-state index contributed by atoms with van der Waals surface area (Å²) in [5.41, 5.74) is 2.60. The van der Waals surface area contributed by atoms with Crippen molar-refractivity contribution in [3.63, 3.8) is 0 Å². The van der Waals surface area contributed by atoms with E-state index >= 15 is 0 Å². The van der Waals surface area contributed by atoms with Gasteiger partial charge in [0.1, 0.15) is 12.4 Å². The van der Waals surface area contributed by atoms with Crippen molar-refractivity contribution in [3.05, 3.63) is 64.7 Å². The second-order valence-corrected chi connectivity index (χ2v) is 6.88. The van der Waals surface area contributed by atoms with Gasteiger partial charge in [-0.15, -0.1) is 0 Å². The SMILES string of the molecule is CC1CCC(c2ccc(OCc3ccc(Cl)cc3)cc2)CC1. The standard InChI is InChI=1S/C20H23ClO/c1-15-2-6-17(7-3-15)18-8-12-20(13-9-18)22-14-16-4-10-19(21)11-5-16/h4-5,8-13,15,17H,2-3,6-7,14H2,1H3. The molecule has 2 aromatic carbocycles. The van der Waals surface area contributed by atoms with Crippen molar-refractivity contribution in [2.75, 3.05) is 0 Å². The first kappa shape index (κ1) is 15.4. The van der Waals surface area contributed by atoms with Crippen LogP contribution in [-0.4, -0.2) is 0 Å². The van der Waals surface area contributed by atoms with Crippen LogP contribution in [-0.2, 0) is 6.61 Å². The third-order valence-electron chi connectivity index (χ3n) is 4.69. The molecule has 2 heteroatoms. The van der Waals surface area contributed by atoms with Gasteiger partial charge < -0.3 is 4.74 Å². The maximum Gasteiger partial charge on any atom is 0.119 e. The van der Waals surface area contributed by atoms with Gasteiger partial charge in [0.05, 0.1) is 0 Å². The molecule has 0 saturated heterocycles. The van der Waals surface area contributed by atoms with Crippen LogP contribution in [0.4, 0.5) is 0 Å². The molecule has 1 fully saturated rings. The zero-order valence-corrected chi connectivity index (χ0v) is 13.9. The Hall–Kier alpha value is -1.47. The number of hydrogen-bond acceptors (Lipinski definition) is 1. The van der Waals surface area contributed by atoms with Crippen molar-refractivity contribution >= 4 is 11.6 Å². The van der Waals surface area contributed by atoms with E-state index in [-0.39, 0.29) is 0 Å². The van der Waals surface area contributed by atoms with Crippen molar-refractivity contribution in [3.8, 4) is 5.75 Å². The molecule has 0 heterocycles. The first-order chi connectivity index (χ1) is 10.7. The number of benzene rings is 2. The minimum absolute atomic E-state index is 0.581. The molecule has 0 bridgehead atoms. The molecule has 1 nitrogen and oxygen atoms in total. The molecule has 0 N–H and O–H groups in total. The molecule has 1 saturated carbocycles. The van der Waals surface area contributed by atoms with Gasteiger partial charge >= 0.3 is 0 Å². The summed E-state index contributed by atoms with van der Waals surface area (Å²) in [6.07, 6.45) is 5.37. The summed E-state index contributed by atoms with van der Waals surface area (Å²) in [5, 5.41) is 0.759. The molecule has 0 spiro atoms. The maximum absolute atomic E-state index is 5.89. The molecule has 116 valence electrons. The van der Waals surface area contributed by atoms with Crippen LogP contribution in [0.5, 0.6) is 5.75 Å². The lowest BCUT2D eigenvalue weighted by Gasteiger charge is -2.26. The normalized spacial score (nSPS) is 21.5. The Morgan fingerprint density at radius 3 is 2.18 bits per heavy atom. The van der Waals surface area contributed by atoms with Gasteiger partial charge in [-0.05, 0) is 60.1 Å². The third-order valence-corrected chi connectivity index (χ3v) is 4.94. The van der Waals surface area contributed by atoms with Gasteiger partial charge in [-0.1, -0.05) is 55.6 Å². The highest BCUT2D eigenvalue weighted by Crippen LogP contribution is 2.35. The van der Waals surface area contributed by atoms with E-state index in [1.807, 2.05) is 24.3 Å². The molecule has 2 aromatic rings. The minimum Gasteiger partial charge on any atom is -0.489 e. The fraction of sp³-hybridized carbons (Fsp3) is 0.400. The van der Waals surface area contributed by atoms with E-state index in [9.17, 15) is 0 Å². The van der Waals surface area contributed by atoms with Crippen molar-refractivity contribution in [1.29, 1.82) is 0 Å². The van der Waals surface area contributed by atoms with Crippen LogP contribution in [0.2, 0.25) is 5.02 Å². The molecule has 1 aliphatic rings. The van der Waals surface area contributed by atoms with Gasteiger partial charge in [-0.25, -0.2) is 0 Å². The largest absolute Gasteiger partial charge is 0.489 e. The van der Waals surface area contributed by atoms with E-state index < -0.39 is 0 Å². The summed E-state index contributed by atoms with van der Waals surface area (Å²) >= 11 is 5.89. The summed E-state index contributed by atoms with van der Waals surface area (Å²) in [5.74, 6) is 2.57. The van der Waals surface area contributed by atoms with Crippen LogP contribution in [0, 0.1) is 5.92 Å². The molecular weight excluding hydrogens is 292 g/mol. The predicted octanol–water partition coefficient (Wildman–Crippen LogP) is 6.21. The van der Waals surface area contributed by atoms with Gasteiger partial charge in [-0.3, -0.25) is 0 Å². The van der Waals surface area contributed by atoms with Crippen LogP contribution < -0.4 is 4.74 Å². The third kappa shape index (κ3) is 4.04. The number of ether oxygens (including phenoxy) is 1. The lowest BCUT2D eigenvalue weighted by atomic mass is 9.79. The Bertz CT molecular complexity index is 580. The number of rotatable bonds is 4. The zero-order chi connectivity index (χ0) is 15.4. The highest BCUT2D eigenvalue weighted by Gasteiger charge is 2.19. The summed E-state index contributed by atoms with van der Waals surface area (Å²) in [4.78, 5) is 0. The minimum atomic E-state index is 0.581. The van der Waals surface area contributed by atoms with Gasteiger partial charge in [0.2, 0.25) is 0 Å². The molecule has 0 unspecified atom stereocenters. The lowest BCUT2D eigenvalue weighted by molar-refractivity contribution is 0.305. The lowest BCUT2D eigenvalue weighted by Crippen LogP contribution is -2.10. The number of halogens is 1. The summed E-state index contributed by atoms with van der Waals surface area (Å²) in [6, 6.07) is 16.5. The highest BCUT2D eigenvalue weighted by atomic mass is 35.5. The van der Waals surface area contributed by atoms with Gasteiger partial charge in [-0.2, -0.15) is 0 Å². The molecule has 0 atom stereocenters. The fourth-order valence-corrected chi connectivity index (χ4v) is 3.30. The van der Waals surface area contributed by atoms with Crippen molar-refractivity contribution in [2.24, 2.45) is 5.92 Å². The summed E-state index contributed by atoms with van der Waals surface area (Å²) < 4.78 is 5.85. The second-order valence-electron chi connectivity index (χ2n) is 6.44. The maximum atomic E-state index is 5.89. The van der Waals surface area contributed by atoms with Crippen LogP contribution in [0.15, 0.2) is 48.5 Å². The first-order valence-corrected chi connectivity index (χ1v) is 8.56. The van der Waals surface area contributed by atoms with Crippen LogP contribution in [0.3, 0.4) is 0 Å². The molecule has 0 aliphatic heterocycles. The van der Waals surface area contributed by atoms with E-state index in [1.165, 1.54) is 31.2 Å². The van der Waals surface area contributed by atoms with Crippen molar-refractivity contribution < 1.29 is 4.74 Å². The summed E-state index contributed by atoms with van der Waals surface area (Å²) in [7, 11) is 0. The average Bonchev–Trinajstić information content (AvgIpc) is 2.56. The molecule has 1 aliphatic carbocycles. The topological polar surface area (TPSA) is 9.23 Å². The Kier molecular flexibility index (Phi) is 5.04. The van der Waals surface area contributed by atoms with Gasteiger partial charge in [0.15, 0.2) is 0 Å². The van der Waals surface area contributed by atoms with E-state index in [1.54, 1.807) is 0 Å². The van der Waals surface area contributed by atoms with Crippen molar-refractivity contribution in [2.45, 2.75) is 45.1 Å². The fourth-order valence-electron chi connectivity index (χ4n) is 3.18. The Labute approximate surface area is 138 Å². The highest BCUT2D eigenvalue weighted by molar-refractivity contribution is 6.30. The Balaban J connectivity index is 1.56. The van der Waals surface area contributed by atoms with Crippen LogP contribution in [0.25, 0.3) is 0 Å². The zero-order valence-electron chi connectivity index (χ0n) is 13.1. The number of hydrogen-bond donors (Lipinski definition) is 0. The van der Waals surface area contributed by atoms with E-state index in [2.05, 4.69) is 31.2 Å². The molecule has 0 radical (unpaired) electrons. The van der Waals surface area contributed by atoms with E-state index in [0.717, 1.165) is 28.2 Å². The second kappa shape index (κ2) is 7.19. The van der Waals surface area contributed by atoms with Gasteiger partial charge in [0.25, 0.3) is 0 Å². The predicted molar refractivity (Wildman–Crippen MR) is 92.6 cm³/mol. The Morgan fingerprint density at radius 1 is 0.909 bits per heavy atom. The molecular formula is C20H23ClO. The Morgan fingerprint density at radius 2 is 1.55 bits per heavy atom. The summed E-state index contributed by atoms with van der Waals surface area (Å²) in [6.45, 7) is 2.95. The smallest absolute Gasteiger partial charge is 0.119 e. The molecule has 22 heavy (non-hydrogen) atoms. The first-order valence-electron chi connectivity index (χ1n) is 8.18. The van der Waals surface area contributed by atoms with Crippen molar-refractivity contribution in [1.82, 2.24) is 0 Å². The molecule has 3 rings (SSSR count). The average molecular weight is 315 g/mol. The van der Waals surface area contributed by atoms with Gasteiger partial charge in [0, 0.05) is 5.02 Å². The quantitative estimate of drug-likeness (QED) is 0.651. The monoisotopic (exact) mass is 314 g/mol. The molecule has 0 amide bonds. The molecule has 0 aromatic heterocycles. The van der Waals surface area contributed by atoms with E-state index in [4.69, 9.17) is 16.3 Å². The van der Waals surface area contributed by atoms with Crippen LogP contribution in [0.1, 0.15) is 49.7 Å². The van der Waals surface area contributed by atoms with E-state index in [0.29, 0.717) is 6.61 Å².